The molecule has 1 saturated heterocycles. The Balaban J connectivity index is 1.57. The van der Waals surface area contributed by atoms with Gasteiger partial charge in [-0.25, -0.2) is 4.79 Å². The predicted octanol–water partition coefficient (Wildman–Crippen LogP) is 2.13. The molecule has 2 heterocycles. The lowest BCUT2D eigenvalue weighted by atomic mass is 9.95. The lowest BCUT2D eigenvalue weighted by Gasteiger charge is -2.38. The molecule has 1 atom stereocenters. The molecule has 0 saturated carbocycles. The average Bonchev–Trinajstić information content (AvgIpc) is 2.54. The number of hydrogen-bond acceptors (Lipinski definition) is 3. The minimum atomic E-state index is -0.332. The summed E-state index contributed by atoms with van der Waals surface area (Å²) in [6.45, 7) is 0.370. The number of amides is 3. The number of nitrogens with zero attached hydrogens (tertiary/aromatic N) is 2. The van der Waals surface area contributed by atoms with Crippen LogP contribution < -0.4 is 5.32 Å². The fourth-order valence-corrected chi connectivity index (χ4v) is 2.58. The number of rotatable bonds is 4. The predicted molar refractivity (Wildman–Crippen MR) is 81.9 cm³/mol. The maximum absolute atomic E-state index is 12.2. The molecule has 0 aliphatic carbocycles. The molecule has 5 heteroatoms. The first-order valence-electron chi connectivity index (χ1n) is 7.27. The molecule has 0 bridgehead atoms. The number of carbonyl (C=O) groups excluding carboxylic acids is 2. The van der Waals surface area contributed by atoms with Gasteiger partial charge in [0.15, 0.2) is 0 Å². The summed E-state index contributed by atoms with van der Waals surface area (Å²) in [4.78, 5) is 29.2. The molecule has 1 aromatic carbocycles. The van der Waals surface area contributed by atoms with Gasteiger partial charge in [0, 0.05) is 25.4 Å². The number of nitrogens with one attached hydrogen (secondary N) is 1. The van der Waals surface area contributed by atoms with E-state index in [1.54, 1.807) is 12.4 Å². The topological polar surface area (TPSA) is 62.3 Å². The van der Waals surface area contributed by atoms with Crippen LogP contribution in [0.4, 0.5) is 4.79 Å². The van der Waals surface area contributed by atoms with Crippen LogP contribution in [0.25, 0.3) is 0 Å². The zero-order chi connectivity index (χ0) is 15.4. The van der Waals surface area contributed by atoms with Gasteiger partial charge in [-0.3, -0.25) is 14.7 Å². The van der Waals surface area contributed by atoms with Gasteiger partial charge in [0.1, 0.15) is 0 Å². The van der Waals surface area contributed by atoms with Gasteiger partial charge in [0.2, 0.25) is 5.91 Å². The molecule has 1 aromatic heterocycles. The molecule has 3 rings (SSSR count). The summed E-state index contributed by atoms with van der Waals surface area (Å²) in [5, 5.41) is 2.77. The molecule has 1 fully saturated rings. The molecule has 0 unspecified atom stereocenters. The first kappa shape index (κ1) is 14.3. The van der Waals surface area contributed by atoms with Crippen molar-refractivity contribution in [3.63, 3.8) is 0 Å². The van der Waals surface area contributed by atoms with Crippen LogP contribution in [0.1, 0.15) is 17.5 Å². The van der Waals surface area contributed by atoms with Crippen LogP contribution in [-0.2, 0) is 17.8 Å². The summed E-state index contributed by atoms with van der Waals surface area (Å²) in [5.74, 6) is -0.121. The van der Waals surface area contributed by atoms with Crippen molar-refractivity contribution in [2.75, 3.05) is 0 Å². The Labute approximate surface area is 129 Å². The third-order valence-electron chi connectivity index (χ3n) is 3.74. The van der Waals surface area contributed by atoms with Crippen LogP contribution in [0.2, 0.25) is 0 Å². The summed E-state index contributed by atoms with van der Waals surface area (Å²) in [6, 6.07) is 13.2. The minimum Gasteiger partial charge on any atom is -0.333 e. The van der Waals surface area contributed by atoms with E-state index in [9.17, 15) is 9.59 Å². The standard InChI is InChI=1S/C17H17N3O2/c21-16-10-15(9-13-5-2-1-3-6-13)20(16)17(22)19-12-14-7-4-8-18-11-14/h1-8,11,15H,9-10,12H2,(H,19,22)/t15-/m1/s1. The highest BCUT2D eigenvalue weighted by atomic mass is 16.2. The molecule has 0 spiro atoms. The van der Waals surface area contributed by atoms with Crippen molar-refractivity contribution < 1.29 is 9.59 Å². The van der Waals surface area contributed by atoms with Crippen LogP contribution in [0, 0.1) is 0 Å². The number of imide groups is 1. The number of β-lactam (4-membered cyclic amide) rings is 1. The molecule has 22 heavy (non-hydrogen) atoms. The molecule has 1 N–H and O–H groups in total. The van der Waals surface area contributed by atoms with E-state index in [1.165, 1.54) is 4.90 Å². The molecular weight excluding hydrogens is 278 g/mol. The van der Waals surface area contributed by atoms with E-state index in [1.807, 2.05) is 42.5 Å². The van der Waals surface area contributed by atoms with E-state index in [4.69, 9.17) is 0 Å². The third-order valence-corrected chi connectivity index (χ3v) is 3.74. The van der Waals surface area contributed by atoms with E-state index < -0.39 is 0 Å². The maximum Gasteiger partial charge on any atom is 0.324 e. The van der Waals surface area contributed by atoms with Crippen LogP contribution in [-0.4, -0.2) is 27.9 Å². The normalized spacial score (nSPS) is 17.0. The lowest BCUT2D eigenvalue weighted by molar-refractivity contribution is -0.140. The second-order valence-corrected chi connectivity index (χ2v) is 5.33. The largest absolute Gasteiger partial charge is 0.333 e. The highest BCUT2D eigenvalue weighted by Gasteiger charge is 2.40. The molecule has 2 aromatic rings. The van der Waals surface area contributed by atoms with E-state index in [-0.39, 0.29) is 18.0 Å². The SMILES string of the molecule is O=C1C[C@@H](Cc2ccccc2)N1C(=O)NCc1cccnc1. The summed E-state index contributed by atoms with van der Waals surface area (Å²) in [6.07, 6.45) is 4.50. The Morgan fingerprint density at radius 3 is 2.64 bits per heavy atom. The van der Waals surface area contributed by atoms with Crippen molar-refractivity contribution in [2.45, 2.75) is 25.4 Å². The first-order chi connectivity index (χ1) is 10.7. The molecule has 1 aliphatic heterocycles. The highest BCUT2D eigenvalue weighted by molar-refractivity contribution is 5.99. The number of likely N-dealkylation sites (tertiary alicyclic amines) is 1. The van der Waals surface area contributed by atoms with Crippen molar-refractivity contribution in [1.29, 1.82) is 0 Å². The summed E-state index contributed by atoms with van der Waals surface area (Å²) >= 11 is 0. The molecular formula is C17H17N3O2. The average molecular weight is 295 g/mol. The monoisotopic (exact) mass is 295 g/mol. The van der Waals surface area contributed by atoms with Crippen molar-refractivity contribution in [2.24, 2.45) is 0 Å². The summed E-state index contributed by atoms with van der Waals surface area (Å²) < 4.78 is 0. The number of hydrogen-bond donors (Lipinski definition) is 1. The van der Waals surface area contributed by atoms with E-state index >= 15 is 0 Å². The van der Waals surface area contributed by atoms with Crippen LogP contribution in [0.5, 0.6) is 0 Å². The number of carbonyl (C=O) groups is 2. The van der Waals surface area contributed by atoms with Gasteiger partial charge in [0.05, 0.1) is 6.04 Å². The fourth-order valence-electron chi connectivity index (χ4n) is 2.58. The fraction of sp³-hybridized carbons (Fsp3) is 0.235. The Kier molecular flexibility index (Phi) is 4.14. The number of pyridine rings is 1. The number of urea groups is 1. The van der Waals surface area contributed by atoms with Crippen molar-refractivity contribution >= 4 is 11.9 Å². The van der Waals surface area contributed by atoms with Gasteiger partial charge in [-0.2, -0.15) is 0 Å². The Morgan fingerprint density at radius 2 is 1.95 bits per heavy atom. The smallest absolute Gasteiger partial charge is 0.324 e. The number of aromatic nitrogens is 1. The number of benzene rings is 1. The van der Waals surface area contributed by atoms with Crippen LogP contribution in [0.3, 0.4) is 0 Å². The molecule has 3 amide bonds. The van der Waals surface area contributed by atoms with Gasteiger partial charge >= 0.3 is 6.03 Å². The maximum atomic E-state index is 12.2. The zero-order valence-electron chi connectivity index (χ0n) is 12.1. The van der Waals surface area contributed by atoms with Gasteiger partial charge < -0.3 is 5.32 Å². The van der Waals surface area contributed by atoms with Gasteiger partial charge in [-0.15, -0.1) is 0 Å². The molecule has 1 aliphatic rings. The Morgan fingerprint density at radius 1 is 1.18 bits per heavy atom. The van der Waals surface area contributed by atoms with Gasteiger partial charge in [-0.1, -0.05) is 36.4 Å². The summed E-state index contributed by atoms with van der Waals surface area (Å²) in [7, 11) is 0. The van der Waals surface area contributed by atoms with E-state index in [2.05, 4.69) is 10.3 Å². The van der Waals surface area contributed by atoms with E-state index in [0.29, 0.717) is 19.4 Å². The van der Waals surface area contributed by atoms with Crippen molar-refractivity contribution in [3.05, 3.63) is 66.0 Å². The Hall–Kier alpha value is -2.69. The van der Waals surface area contributed by atoms with E-state index in [0.717, 1.165) is 11.1 Å². The summed E-state index contributed by atoms with van der Waals surface area (Å²) in [5.41, 5.74) is 2.04. The molecule has 5 nitrogen and oxygen atoms in total. The van der Waals surface area contributed by atoms with Crippen molar-refractivity contribution in [1.82, 2.24) is 15.2 Å². The quantitative estimate of drug-likeness (QED) is 0.879. The second kappa shape index (κ2) is 6.39. The third kappa shape index (κ3) is 3.14. The molecule has 112 valence electrons. The highest BCUT2D eigenvalue weighted by Crippen LogP contribution is 2.23. The second-order valence-electron chi connectivity index (χ2n) is 5.33. The van der Waals surface area contributed by atoms with Crippen LogP contribution >= 0.6 is 0 Å². The Bertz CT molecular complexity index is 658. The van der Waals surface area contributed by atoms with Gasteiger partial charge in [0.25, 0.3) is 0 Å². The van der Waals surface area contributed by atoms with Crippen LogP contribution in [0.15, 0.2) is 54.9 Å². The lowest BCUT2D eigenvalue weighted by Crippen LogP contribution is -2.59. The zero-order valence-corrected chi connectivity index (χ0v) is 12.1. The van der Waals surface area contributed by atoms with Crippen molar-refractivity contribution in [3.8, 4) is 0 Å². The van der Waals surface area contributed by atoms with Gasteiger partial charge in [-0.05, 0) is 23.6 Å². The minimum absolute atomic E-state index is 0.0520. The molecule has 0 radical (unpaired) electrons. The first-order valence-corrected chi connectivity index (χ1v) is 7.27.